The average molecular weight is 499 g/mol. The number of halogens is 1. The molecule has 0 atom stereocenters. The van der Waals surface area contributed by atoms with Crippen LogP contribution < -0.4 is 5.32 Å². The van der Waals surface area contributed by atoms with Crippen LogP contribution in [-0.4, -0.2) is 53.1 Å². The molecule has 7 heteroatoms. The molecule has 162 valence electrons. The second kappa shape index (κ2) is 9.27. The number of thioether (sulfide) groups is 1. The zero-order valence-electron chi connectivity index (χ0n) is 18.1. The van der Waals surface area contributed by atoms with Gasteiger partial charge in [0.25, 0.3) is 0 Å². The van der Waals surface area contributed by atoms with Crippen LogP contribution in [0.4, 0.5) is 5.69 Å². The topological polar surface area (TPSA) is 57.1 Å². The van der Waals surface area contributed by atoms with Crippen molar-refractivity contribution in [1.29, 1.82) is 0 Å². The smallest absolute Gasteiger partial charge is 0.234 e. The predicted molar refractivity (Wildman–Crippen MR) is 135 cm³/mol. The van der Waals surface area contributed by atoms with E-state index in [1.54, 1.807) is 0 Å². The van der Waals surface area contributed by atoms with Gasteiger partial charge in [-0.15, -0.1) is 0 Å². The van der Waals surface area contributed by atoms with Crippen LogP contribution in [0, 0.1) is 13.8 Å². The van der Waals surface area contributed by atoms with Crippen molar-refractivity contribution >= 4 is 50.0 Å². The molecule has 0 saturated carbocycles. The fourth-order valence-corrected chi connectivity index (χ4v) is 4.91. The summed E-state index contributed by atoms with van der Waals surface area (Å²) in [5.74, 6) is 0.271. The van der Waals surface area contributed by atoms with Gasteiger partial charge >= 0.3 is 0 Å². The fraction of sp³-hybridized carbons (Fsp3) is 0.375. The van der Waals surface area contributed by atoms with Crippen molar-refractivity contribution < 1.29 is 4.79 Å². The molecule has 0 aromatic heterocycles. The summed E-state index contributed by atoms with van der Waals surface area (Å²) in [6.45, 7) is 6.07. The van der Waals surface area contributed by atoms with Gasteiger partial charge in [0.2, 0.25) is 5.91 Å². The maximum atomic E-state index is 12.6. The molecule has 0 radical (unpaired) electrons. The number of nitrogens with zero attached hydrogens (tertiary/aromatic N) is 3. The number of hydrogen-bond donors (Lipinski definition) is 1. The Bertz CT molecular complexity index is 1040. The van der Waals surface area contributed by atoms with E-state index >= 15 is 0 Å². The SMILES string of the molecule is Cc1ccc(NC(=O)CSC2=NC3(CCN(C)CC3)N=C2c2ccc(Br)cc2)cc1C. The first-order valence-corrected chi connectivity index (χ1v) is 12.3. The Morgan fingerprint density at radius 3 is 2.48 bits per heavy atom. The monoisotopic (exact) mass is 498 g/mol. The van der Waals surface area contributed by atoms with Crippen LogP contribution in [0.2, 0.25) is 0 Å². The van der Waals surface area contributed by atoms with Gasteiger partial charge in [-0.3, -0.25) is 9.79 Å². The van der Waals surface area contributed by atoms with Crippen LogP contribution in [0.5, 0.6) is 0 Å². The van der Waals surface area contributed by atoms with Gasteiger partial charge in [0.05, 0.1) is 11.5 Å². The van der Waals surface area contributed by atoms with Gasteiger partial charge in [-0.25, -0.2) is 4.99 Å². The number of hydrogen-bond acceptors (Lipinski definition) is 5. The molecule has 2 aliphatic rings. The lowest BCUT2D eigenvalue weighted by Crippen LogP contribution is -2.39. The molecule has 0 unspecified atom stereocenters. The van der Waals surface area contributed by atoms with Gasteiger partial charge in [-0.2, -0.15) is 0 Å². The molecule has 0 aliphatic carbocycles. The number of anilines is 1. The maximum absolute atomic E-state index is 12.6. The summed E-state index contributed by atoms with van der Waals surface area (Å²) >= 11 is 4.98. The lowest BCUT2D eigenvalue weighted by molar-refractivity contribution is -0.113. The van der Waals surface area contributed by atoms with E-state index < -0.39 is 0 Å². The van der Waals surface area contributed by atoms with Crippen molar-refractivity contribution in [2.75, 3.05) is 31.2 Å². The number of aryl methyl sites for hydroxylation is 2. The molecule has 1 N–H and O–H groups in total. The molecule has 2 heterocycles. The normalized spacial score (nSPS) is 18.1. The Morgan fingerprint density at radius 1 is 1.10 bits per heavy atom. The highest BCUT2D eigenvalue weighted by Gasteiger charge is 2.39. The van der Waals surface area contributed by atoms with Crippen molar-refractivity contribution in [3.8, 4) is 0 Å². The van der Waals surface area contributed by atoms with Crippen molar-refractivity contribution in [2.24, 2.45) is 9.98 Å². The van der Waals surface area contributed by atoms with Crippen LogP contribution in [0.25, 0.3) is 0 Å². The van der Waals surface area contributed by atoms with Crippen LogP contribution in [0.3, 0.4) is 0 Å². The van der Waals surface area contributed by atoms with E-state index in [1.165, 1.54) is 22.9 Å². The number of nitrogens with one attached hydrogen (secondary N) is 1. The van der Waals surface area contributed by atoms with Crippen molar-refractivity contribution in [1.82, 2.24) is 4.90 Å². The van der Waals surface area contributed by atoms with Crippen LogP contribution in [-0.2, 0) is 4.79 Å². The first kappa shape index (κ1) is 22.2. The Hall–Kier alpha value is -1.96. The zero-order valence-corrected chi connectivity index (χ0v) is 20.5. The van der Waals surface area contributed by atoms with Gasteiger partial charge < -0.3 is 10.2 Å². The van der Waals surface area contributed by atoms with E-state index in [-0.39, 0.29) is 11.6 Å². The summed E-state index contributed by atoms with van der Waals surface area (Å²) in [5.41, 5.74) is 4.77. The Kier molecular flexibility index (Phi) is 6.65. The van der Waals surface area contributed by atoms with E-state index in [2.05, 4.69) is 59.2 Å². The summed E-state index contributed by atoms with van der Waals surface area (Å²) in [5, 5.41) is 3.87. The van der Waals surface area contributed by atoms with E-state index in [0.29, 0.717) is 5.75 Å². The molecule has 2 aliphatic heterocycles. The molecule has 0 bridgehead atoms. The molecule has 2 aromatic rings. The largest absolute Gasteiger partial charge is 0.325 e. The third-order valence-corrected chi connectivity index (χ3v) is 7.36. The molecule has 1 spiro atoms. The number of carbonyl (C=O) groups is 1. The third-order valence-electron chi connectivity index (χ3n) is 5.87. The maximum Gasteiger partial charge on any atom is 0.234 e. The quantitative estimate of drug-likeness (QED) is 0.640. The number of likely N-dealkylation sites (tertiary alicyclic amines) is 1. The molecular weight excluding hydrogens is 472 g/mol. The highest BCUT2D eigenvalue weighted by atomic mass is 79.9. The zero-order chi connectivity index (χ0) is 22.0. The number of carbonyl (C=O) groups excluding carboxylic acids is 1. The van der Waals surface area contributed by atoms with Gasteiger partial charge in [0.15, 0.2) is 5.66 Å². The lowest BCUT2D eigenvalue weighted by Gasteiger charge is -2.33. The molecule has 2 aromatic carbocycles. The highest BCUT2D eigenvalue weighted by molar-refractivity contribution is 9.10. The number of amides is 1. The van der Waals surface area contributed by atoms with Gasteiger partial charge in [-0.05, 0) is 56.3 Å². The van der Waals surface area contributed by atoms with Gasteiger partial charge in [-0.1, -0.05) is 45.9 Å². The Balaban J connectivity index is 1.50. The predicted octanol–water partition coefficient (Wildman–Crippen LogP) is 5.06. The molecule has 31 heavy (non-hydrogen) atoms. The van der Waals surface area contributed by atoms with Crippen molar-refractivity contribution in [2.45, 2.75) is 32.4 Å². The third kappa shape index (κ3) is 5.27. The van der Waals surface area contributed by atoms with E-state index in [9.17, 15) is 4.79 Å². The fourth-order valence-electron chi connectivity index (χ4n) is 3.77. The molecular formula is C24H27BrN4OS. The number of piperidine rings is 1. The van der Waals surface area contributed by atoms with Crippen molar-refractivity contribution in [3.63, 3.8) is 0 Å². The molecule has 4 rings (SSSR count). The highest BCUT2D eigenvalue weighted by Crippen LogP contribution is 2.35. The molecule has 1 saturated heterocycles. The number of aliphatic imine (C=N–C) groups is 2. The molecule has 5 nitrogen and oxygen atoms in total. The van der Waals surface area contributed by atoms with Gasteiger partial charge in [0.1, 0.15) is 5.04 Å². The Labute approximate surface area is 196 Å². The minimum atomic E-state index is -0.387. The van der Waals surface area contributed by atoms with Gasteiger partial charge in [0, 0.05) is 41.7 Å². The molecule has 1 fully saturated rings. The molecule has 1 amide bonds. The summed E-state index contributed by atoms with van der Waals surface area (Å²) < 4.78 is 1.03. The first-order valence-electron chi connectivity index (χ1n) is 10.5. The van der Waals surface area contributed by atoms with Crippen LogP contribution >= 0.6 is 27.7 Å². The second-order valence-electron chi connectivity index (χ2n) is 8.31. The van der Waals surface area contributed by atoms with Crippen LogP contribution in [0.15, 0.2) is 56.9 Å². The standard InChI is InChI=1S/C24H27BrN4OS/c1-16-4-9-20(14-17(16)2)26-21(30)15-31-23-22(18-5-7-19(25)8-6-18)27-24(28-23)10-12-29(3)13-11-24/h4-9,14H,10-13,15H2,1-3H3,(H,26,30). The van der Waals surface area contributed by atoms with E-state index in [0.717, 1.165) is 52.4 Å². The number of benzene rings is 2. The summed E-state index contributed by atoms with van der Waals surface area (Å²) in [4.78, 5) is 25.1. The van der Waals surface area contributed by atoms with Crippen molar-refractivity contribution in [3.05, 3.63) is 63.6 Å². The first-order chi connectivity index (χ1) is 14.8. The minimum Gasteiger partial charge on any atom is -0.325 e. The van der Waals surface area contributed by atoms with Crippen LogP contribution in [0.1, 0.15) is 29.5 Å². The number of rotatable bonds is 4. The van der Waals surface area contributed by atoms with E-state index in [1.807, 2.05) is 30.3 Å². The summed E-state index contributed by atoms with van der Waals surface area (Å²) in [6, 6.07) is 14.1. The second-order valence-corrected chi connectivity index (χ2v) is 10.2. The minimum absolute atomic E-state index is 0.0320. The summed E-state index contributed by atoms with van der Waals surface area (Å²) in [7, 11) is 2.14. The lowest BCUT2D eigenvalue weighted by atomic mass is 9.99. The summed E-state index contributed by atoms with van der Waals surface area (Å²) in [6.07, 6.45) is 1.81. The van der Waals surface area contributed by atoms with E-state index in [4.69, 9.17) is 9.98 Å². The average Bonchev–Trinajstić information content (AvgIpc) is 3.10. The Morgan fingerprint density at radius 2 is 1.81 bits per heavy atom.